The van der Waals surface area contributed by atoms with E-state index in [2.05, 4.69) is 10.4 Å². The highest BCUT2D eigenvalue weighted by Gasteiger charge is 2.13. The van der Waals surface area contributed by atoms with Gasteiger partial charge in [0, 0.05) is 19.1 Å². The molecule has 0 radical (unpaired) electrons. The Morgan fingerprint density at radius 3 is 2.36 bits per heavy atom. The first kappa shape index (κ1) is 11.0. The Balaban J connectivity index is 2.77. The van der Waals surface area contributed by atoms with Crippen LogP contribution in [0.2, 0.25) is 0 Å². The van der Waals surface area contributed by atoms with Gasteiger partial charge in [-0.3, -0.25) is 4.68 Å². The van der Waals surface area contributed by atoms with Crippen molar-refractivity contribution in [1.29, 1.82) is 0 Å². The molecule has 0 aromatic carbocycles. The molecule has 1 aromatic rings. The summed E-state index contributed by atoms with van der Waals surface area (Å²) in [6.45, 7) is 8.80. The van der Waals surface area contributed by atoms with Crippen molar-refractivity contribution >= 4 is 5.69 Å². The molecule has 0 saturated carbocycles. The highest BCUT2D eigenvalue weighted by Crippen LogP contribution is 2.18. The first-order valence-electron chi connectivity index (χ1n) is 4.84. The number of rotatable bonds is 3. The average molecular weight is 196 g/mol. The molecule has 0 aliphatic heterocycles. The van der Waals surface area contributed by atoms with Crippen molar-refractivity contribution in [2.45, 2.75) is 33.2 Å². The molecule has 80 valence electrons. The summed E-state index contributed by atoms with van der Waals surface area (Å²) in [5, 5.41) is 7.66. The maximum Gasteiger partial charge on any atom is 0.0827 e. The van der Waals surface area contributed by atoms with E-state index in [1.54, 1.807) is 0 Å². The summed E-state index contributed by atoms with van der Waals surface area (Å²) in [7, 11) is 1.95. The summed E-state index contributed by atoms with van der Waals surface area (Å²) < 4.78 is 1.88. The van der Waals surface area contributed by atoms with E-state index in [1.807, 2.05) is 39.4 Å². The van der Waals surface area contributed by atoms with Crippen molar-refractivity contribution < 1.29 is 0 Å². The zero-order chi connectivity index (χ0) is 10.9. The average Bonchev–Trinajstić information content (AvgIpc) is 2.23. The van der Waals surface area contributed by atoms with Gasteiger partial charge in [0.25, 0.3) is 0 Å². The van der Waals surface area contributed by atoms with E-state index >= 15 is 0 Å². The molecule has 0 amide bonds. The molecule has 4 nitrogen and oxygen atoms in total. The Morgan fingerprint density at radius 2 is 2.00 bits per heavy atom. The van der Waals surface area contributed by atoms with Crippen LogP contribution in [-0.2, 0) is 7.05 Å². The fourth-order valence-corrected chi connectivity index (χ4v) is 1.35. The summed E-state index contributed by atoms with van der Waals surface area (Å²) in [4.78, 5) is 0. The lowest BCUT2D eigenvalue weighted by atomic mass is 10.1. The van der Waals surface area contributed by atoms with Crippen LogP contribution < -0.4 is 11.1 Å². The van der Waals surface area contributed by atoms with Gasteiger partial charge >= 0.3 is 0 Å². The lowest BCUT2D eigenvalue weighted by Gasteiger charge is -2.19. The fourth-order valence-electron chi connectivity index (χ4n) is 1.35. The Hall–Kier alpha value is -1.03. The van der Waals surface area contributed by atoms with Crippen molar-refractivity contribution in [3.8, 4) is 0 Å². The smallest absolute Gasteiger partial charge is 0.0827 e. The SMILES string of the molecule is Cc1nn(C)c(C)c1NCC(C)(C)N. The maximum absolute atomic E-state index is 5.90. The topological polar surface area (TPSA) is 55.9 Å². The molecule has 0 atom stereocenters. The van der Waals surface area contributed by atoms with Gasteiger partial charge in [0.05, 0.1) is 17.1 Å². The number of aryl methyl sites for hydroxylation is 2. The van der Waals surface area contributed by atoms with Crippen LogP contribution in [0.3, 0.4) is 0 Å². The third-order valence-corrected chi connectivity index (χ3v) is 2.23. The fraction of sp³-hybridized carbons (Fsp3) is 0.700. The zero-order valence-electron chi connectivity index (χ0n) is 9.68. The van der Waals surface area contributed by atoms with Crippen LogP contribution in [-0.4, -0.2) is 21.9 Å². The molecule has 0 aliphatic carbocycles. The van der Waals surface area contributed by atoms with Gasteiger partial charge in [-0.1, -0.05) is 0 Å². The van der Waals surface area contributed by atoms with Crippen molar-refractivity contribution in [3.05, 3.63) is 11.4 Å². The second kappa shape index (κ2) is 3.61. The quantitative estimate of drug-likeness (QED) is 0.763. The highest BCUT2D eigenvalue weighted by molar-refractivity contribution is 5.52. The van der Waals surface area contributed by atoms with E-state index in [0.717, 1.165) is 23.6 Å². The normalized spacial score (nSPS) is 11.9. The molecule has 3 N–H and O–H groups in total. The van der Waals surface area contributed by atoms with Crippen molar-refractivity contribution in [2.24, 2.45) is 12.8 Å². The van der Waals surface area contributed by atoms with Gasteiger partial charge in [-0.25, -0.2) is 0 Å². The lowest BCUT2D eigenvalue weighted by molar-refractivity contribution is 0.549. The summed E-state index contributed by atoms with van der Waals surface area (Å²) >= 11 is 0. The van der Waals surface area contributed by atoms with Crippen molar-refractivity contribution in [3.63, 3.8) is 0 Å². The Bertz CT molecular complexity index is 320. The number of nitrogens with zero attached hydrogens (tertiary/aromatic N) is 2. The Kier molecular flexibility index (Phi) is 2.85. The zero-order valence-corrected chi connectivity index (χ0v) is 9.68. The third kappa shape index (κ3) is 2.48. The first-order valence-corrected chi connectivity index (χ1v) is 4.84. The number of hydrogen-bond donors (Lipinski definition) is 2. The van der Waals surface area contributed by atoms with E-state index in [1.165, 1.54) is 0 Å². The van der Waals surface area contributed by atoms with Crippen LogP contribution in [0.15, 0.2) is 0 Å². The van der Waals surface area contributed by atoms with Gasteiger partial charge < -0.3 is 11.1 Å². The standard InChI is InChI=1S/C10H20N4/c1-7-9(8(2)14(5)13-7)12-6-10(3,4)11/h12H,6,11H2,1-5H3. The molecule has 0 aliphatic rings. The molecular weight excluding hydrogens is 176 g/mol. The predicted molar refractivity (Wildman–Crippen MR) is 59.4 cm³/mol. The van der Waals surface area contributed by atoms with Gasteiger partial charge in [-0.05, 0) is 27.7 Å². The third-order valence-electron chi connectivity index (χ3n) is 2.23. The summed E-state index contributed by atoms with van der Waals surface area (Å²) in [5.41, 5.74) is 8.97. The van der Waals surface area contributed by atoms with E-state index in [4.69, 9.17) is 5.73 Å². The minimum atomic E-state index is -0.200. The van der Waals surface area contributed by atoms with Crippen LogP contribution in [0.1, 0.15) is 25.2 Å². The number of anilines is 1. The van der Waals surface area contributed by atoms with Gasteiger partial charge in [0.15, 0.2) is 0 Å². The predicted octanol–water partition coefficient (Wildman–Crippen LogP) is 1.19. The summed E-state index contributed by atoms with van der Waals surface area (Å²) in [6, 6.07) is 0. The van der Waals surface area contributed by atoms with Gasteiger partial charge in [0.2, 0.25) is 0 Å². The van der Waals surface area contributed by atoms with Crippen LogP contribution in [0.25, 0.3) is 0 Å². The molecule has 0 bridgehead atoms. The van der Waals surface area contributed by atoms with Crippen LogP contribution >= 0.6 is 0 Å². The largest absolute Gasteiger partial charge is 0.380 e. The van der Waals surface area contributed by atoms with Gasteiger partial charge in [-0.15, -0.1) is 0 Å². The summed E-state index contributed by atoms with van der Waals surface area (Å²) in [5.74, 6) is 0. The Morgan fingerprint density at radius 1 is 1.43 bits per heavy atom. The van der Waals surface area contributed by atoms with Crippen LogP contribution in [0, 0.1) is 13.8 Å². The monoisotopic (exact) mass is 196 g/mol. The van der Waals surface area contributed by atoms with E-state index in [9.17, 15) is 0 Å². The minimum Gasteiger partial charge on any atom is -0.380 e. The number of hydrogen-bond acceptors (Lipinski definition) is 3. The number of nitrogens with two attached hydrogens (primary N) is 1. The second-order valence-electron chi connectivity index (χ2n) is 4.51. The van der Waals surface area contributed by atoms with E-state index in [0.29, 0.717) is 0 Å². The Labute approximate surface area is 85.5 Å². The lowest BCUT2D eigenvalue weighted by Crippen LogP contribution is -2.39. The van der Waals surface area contributed by atoms with Gasteiger partial charge in [0.1, 0.15) is 0 Å². The highest BCUT2D eigenvalue weighted by atomic mass is 15.3. The molecular formula is C10H20N4. The molecule has 4 heteroatoms. The molecule has 0 unspecified atom stereocenters. The van der Waals surface area contributed by atoms with Crippen LogP contribution in [0.5, 0.6) is 0 Å². The van der Waals surface area contributed by atoms with E-state index in [-0.39, 0.29) is 5.54 Å². The van der Waals surface area contributed by atoms with Crippen molar-refractivity contribution in [2.75, 3.05) is 11.9 Å². The summed E-state index contributed by atoms with van der Waals surface area (Å²) in [6.07, 6.45) is 0. The van der Waals surface area contributed by atoms with Crippen LogP contribution in [0.4, 0.5) is 5.69 Å². The molecule has 1 rings (SSSR count). The van der Waals surface area contributed by atoms with Gasteiger partial charge in [-0.2, -0.15) is 5.10 Å². The molecule has 0 spiro atoms. The molecule has 1 aromatic heterocycles. The molecule has 14 heavy (non-hydrogen) atoms. The second-order valence-corrected chi connectivity index (χ2v) is 4.51. The molecule has 0 fully saturated rings. The maximum atomic E-state index is 5.90. The molecule has 0 saturated heterocycles. The van der Waals surface area contributed by atoms with Crippen molar-refractivity contribution in [1.82, 2.24) is 9.78 Å². The number of nitrogens with one attached hydrogen (secondary N) is 1. The first-order chi connectivity index (χ1) is 6.31. The van der Waals surface area contributed by atoms with E-state index < -0.39 is 0 Å². The number of aromatic nitrogens is 2. The minimum absolute atomic E-state index is 0.200. The molecule has 1 heterocycles.